The fraction of sp³-hybridized carbons (Fsp3) is 0.375. The smallest absolute Gasteiger partial charge is 0.321 e. The SMILES string of the molecule is CCNC(=O)NC(=O)C(c1ccccc1)N(C)CC(=O)Nc1ccc(OCC)c(OCC)c1. The Bertz CT molecular complexity index is 936. The molecule has 2 rings (SSSR count). The third kappa shape index (κ3) is 7.80. The lowest BCUT2D eigenvalue weighted by molar-refractivity contribution is -0.126. The third-order valence-corrected chi connectivity index (χ3v) is 4.60. The van der Waals surface area contributed by atoms with Gasteiger partial charge in [0.05, 0.1) is 19.8 Å². The van der Waals surface area contributed by atoms with Gasteiger partial charge in [0.1, 0.15) is 6.04 Å². The minimum absolute atomic E-state index is 0.0838. The van der Waals surface area contributed by atoms with Crippen molar-refractivity contribution in [2.45, 2.75) is 26.8 Å². The number of anilines is 1. The molecule has 9 heteroatoms. The van der Waals surface area contributed by atoms with Crippen LogP contribution < -0.4 is 25.4 Å². The van der Waals surface area contributed by atoms with Gasteiger partial charge in [-0.25, -0.2) is 4.79 Å². The Hall–Kier alpha value is -3.59. The highest BCUT2D eigenvalue weighted by atomic mass is 16.5. The summed E-state index contributed by atoms with van der Waals surface area (Å²) in [5, 5.41) is 7.68. The second-order valence-corrected chi connectivity index (χ2v) is 7.15. The normalized spacial score (nSPS) is 11.4. The first-order chi connectivity index (χ1) is 15.9. The molecular formula is C24H32N4O5. The highest BCUT2D eigenvalue weighted by Gasteiger charge is 2.28. The van der Waals surface area contributed by atoms with E-state index >= 15 is 0 Å². The Balaban J connectivity index is 2.14. The molecule has 1 unspecified atom stereocenters. The van der Waals surface area contributed by atoms with Crippen LogP contribution >= 0.6 is 0 Å². The number of hydrogen-bond acceptors (Lipinski definition) is 6. The summed E-state index contributed by atoms with van der Waals surface area (Å²) < 4.78 is 11.1. The minimum atomic E-state index is -0.834. The van der Waals surface area contributed by atoms with Crippen LogP contribution in [-0.2, 0) is 9.59 Å². The van der Waals surface area contributed by atoms with Gasteiger partial charge in [-0.1, -0.05) is 30.3 Å². The lowest BCUT2D eigenvalue weighted by atomic mass is 10.0. The number of imide groups is 1. The van der Waals surface area contributed by atoms with Crippen LogP contribution in [0.1, 0.15) is 32.4 Å². The standard InChI is InChI=1S/C24H32N4O5/c1-5-25-24(31)27-23(30)22(17-11-9-8-10-12-17)28(4)16-21(29)26-18-13-14-19(32-6-2)20(15-18)33-7-3/h8-15,22H,5-7,16H2,1-4H3,(H,26,29)(H2,25,27,30,31). The van der Waals surface area contributed by atoms with Crippen LogP contribution in [0.15, 0.2) is 48.5 Å². The summed E-state index contributed by atoms with van der Waals surface area (Å²) in [4.78, 5) is 39.1. The summed E-state index contributed by atoms with van der Waals surface area (Å²) in [5.74, 6) is 0.285. The summed E-state index contributed by atoms with van der Waals surface area (Å²) in [5.41, 5.74) is 1.21. The second kappa shape index (κ2) is 13.1. The van der Waals surface area contributed by atoms with Crippen molar-refractivity contribution in [1.29, 1.82) is 0 Å². The fourth-order valence-electron chi connectivity index (χ4n) is 3.27. The first-order valence-electron chi connectivity index (χ1n) is 10.9. The van der Waals surface area contributed by atoms with Crippen molar-refractivity contribution in [1.82, 2.24) is 15.5 Å². The van der Waals surface area contributed by atoms with E-state index in [4.69, 9.17) is 9.47 Å². The van der Waals surface area contributed by atoms with Crippen LogP contribution in [0.4, 0.5) is 10.5 Å². The maximum atomic E-state index is 12.9. The molecule has 0 saturated carbocycles. The zero-order chi connectivity index (χ0) is 24.2. The number of likely N-dealkylation sites (N-methyl/N-ethyl adjacent to an activating group) is 1. The zero-order valence-electron chi connectivity index (χ0n) is 19.5. The topological polar surface area (TPSA) is 109 Å². The molecule has 9 nitrogen and oxygen atoms in total. The molecule has 0 heterocycles. The molecule has 0 aliphatic heterocycles. The van der Waals surface area contributed by atoms with Gasteiger partial charge in [-0.3, -0.25) is 19.8 Å². The summed E-state index contributed by atoms with van der Waals surface area (Å²) in [7, 11) is 1.65. The molecule has 0 aromatic heterocycles. The highest BCUT2D eigenvalue weighted by Crippen LogP contribution is 2.30. The Morgan fingerprint density at radius 3 is 2.24 bits per heavy atom. The van der Waals surface area contributed by atoms with E-state index in [0.717, 1.165) is 0 Å². The summed E-state index contributed by atoms with van der Waals surface area (Å²) in [6.07, 6.45) is 0. The van der Waals surface area contributed by atoms with Crippen LogP contribution in [0.2, 0.25) is 0 Å². The van der Waals surface area contributed by atoms with Crippen LogP contribution in [0, 0.1) is 0 Å². The molecule has 0 aliphatic carbocycles. The number of carbonyl (C=O) groups is 3. The third-order valence-electron chi connectivity index (χ3n) is 4.60. The zero-order valence-corrected chi connectivity index (χ0v) is 19.5. The van der Waals surface area contributed by atoms with E-state index in [1.54, 1.807) is 61.3 Å². The van der Waals surface area contributed by atoms with E-state index < -0.39 is 18.0 Å². The molecule has 33 heavy (non-hydrogen) atoms. The second-order valence-electron chi connectivity index (χ2n) is 7.15. The number of benzene rings is 2. The van der Waals surface area contributed by atoms with Crippen LogP contribution in [0.3, 0.4) is 0 Å². The number of nitrogens with zero attached hydrogens (tertiary/aromatic N) is 1. The molecule has 178 valence electrons. The largest absolute Gasteiger partial charge is 0.490 e. The molecular weight excluding hydrogens is 424 g/mol. The first kappa shape index (κ1) is 25.7. The van der Waals surface area contributed by atoms with Gasteiger partial charge in [0.25, 0.3) is 0 Å². The van der Waals surface area contributed by atoms with Gasteiger partial charge < -0.3 is 20.1 Å². The van der Waals surface area contributed by atoms with Crippen molar-refractivity contribution < 1.29 is 23.9 Å². The van der Waals surface area contributed by atoms with Gasteiger partial charge >= 0.3 is 6.03 Å². The number of hydrogen-bond donors (Lipinski definition) is 3. The predicted octanol–water partition coefficient (Wildman–Crippen LogP) is 2.94. The molecule has 3 N–H and O–H groups in total. The molecule has 4 amide bonds. The van der Waals surface area contributed by atoms with Crippen molar-refractivity contribution in [3.63, 3.8) is 0 Å². The van der Waals surface area contributed by atoms with Gasteiger partial charge in [0.2, 0.25) is 11.8 Å². The van der Waals surface area contributed by atoms with Crippen LogP contribution in [-0.4, -0.2) is 56.1 Å². The van der Waals surface area contributed by atoms with E-state index in [0.29, 0.717) is 42.5 Å². The Labute approximate surface area is 194 Å². The highest BCUT2D eigenvalue weighted by molar-refractivity contribution is 5.98. The van der Waals surface area contributed by atoms with E-state index in [2.05, 4.69) is 16.0 Å². The Morgan fingerprint density at radius 2 is 1.61 bits per heavy atom. The van der Waals surface area contributed by atoms with Crippen molar-refractivity contribution >= 4 is 23.5 Å². The average Bonchev–Trinajstić information content (AvgIpc) is 2.76. The first-order valence-corrected chi connectivity index (χ1v) is 10.9. The molecule has 0 aliphatic rings. The summed E-state index contributed by atoms with van der Waals surface area (Å²) >= 11 is 0. The van der Waals surface area contributed by atoms with Crippen molar-refractivity contribution in [3.05, 3.63) is 54.1 Å². The van der Waals surface area contributed by atoms with Crippen molar-refractivity contribution in [2.75, 3.05) is 38.7 Å². The molecule has 0 radical (unpaired) electrons. The molecule has 0 spiro atoms. The quantitative estimate of drug-likeness (QED) is 0.480. The maximum Gasteiger partial charge on any atom is 0.321 e. The van der Waals surface area contributed by atoms with Gasteiger partial charge in [-0.15, -0.1) is 0 Å². The average molecular weight is 457 g/mol. The van der Waals surface area contributed by atoms with Crippen LogP contribution in [0.25, 0.3) is 0 Å². The number of urea groups is 1. The van der Waals surface area contributed by atoms with Crippen molar-refractivity contribution in [3.8, 4) is 11.5 Å². The van der Waals surface area contributed by atoms with E-state index in [1.807, 2.05) is 19.9 Å². The van der Waals surface area contributed by atoms with E-state index in [-0.39, 0.29) is 12.5 Å². The number of amides is 4. The van der Waals surface area contributed by atoms with E-state index in [1.165, 1.54) is 0 Å². The summed E-state index contributed by atoms with van der Waals surface area (Å²) in [6, 6.07) is 12.7. The number of rotatable bonds is 11. The number of carbonyl (C=O) groups excluding carboxylic acids is 3. The van der Waals surface area contributed by atoms with Crippen molar-refractivity contribution in [2.24, 2.45) is 0 Å². The number of nitrogens with one attached hydrogen (secondary N) is 3. The molecule has 2 aromatic rings. The number of ether oxygens (including phenoxy) is 2. The molecule has 1 atom stereocenters. The minimum Gasteiger partial charge on any atom is -0.490 e. The summed E-state index contributed by atoms with van der Waals surface area (Å²) in [6.45, 7) is 6.76. The van der Waals surface area contributed by atoms with Gasteiger partial charge in [-0.05, 0) is 45.5 Å². The maximum absolute atomic E-state index is 12.9. The predicted molar refractivity (Wildman–Crippen MR) is 126 cm³/mol. The Morgan fingerprint density at radius 1 is 0.939 bits per heavy atom. The van der Waals surface area contributed by atoms with Gasteiger partial charge in [0.15, 0.2) is 11.5 Å². The lowest BCUT2D eigenvalue weighted by Crippen LogP contribution is -2.46. The van der Waals surface area contributed by atoms with E-state index in [9.17, 15) is 14.4 Å². The fourth-order valence-corrected chi connectivity index (χ4v) is 3.27. The molecule has 2 aromatic carbocycles. The molecule has 0 saturated heterocycles. The van der Waals surface area contributed by atoms with Gasteiger partial charge in [-0.2, -0.15) is 0 Å². The lowest BCUT2D eigenvalue weighted by Gasteiger charge is -2.26. The molecule has 0 bridgehead atoms. The van der Waals surface area contributed by atoms with Crippen LogP contribution in [0.5, 0.6) is 11.5 Å². The Kier molecular flexibility index (Phi) is 10.2. The molecule has 0 fully saturated rings. The monoisotopic (exact) mass is 456 g/mol. The van der Waals surface area contributed by atoms with Gasteiger partial charge in [0, 0.05) is 18.3 Å².